The lowest BCUT2D eigenvalue weighted by Crippen LogP contribution is -2.26. The highest BCUT2D eigenvalue weighted by Gasteiger charge is 2.17. The summed E-state index contributed by atoms with van der Waals surface area (Å²) < 4.78 is 38.8. The predicted molar refractivity (Wildman–Crippen MR) is 124 cm³/mol. The third-order valence-electron chi connectivity index (χ3n) is 4.85. The molecule has 0 saturated heterocycles. The van der Waals surface area contributed by atoms with Crippen LogP contribution in [0, 0.1) is 0 Å². The van der Waals surface area contributed by atoms with Crippen LogP contribution in [0.4, 0.5) is 10.5 Å². The number of fused-ring (bicyclic) bond motifs is 1. The molecular formula is C22H25N3O7S. The minimum absolute atomic E-state index is 0.167. The second-order valence-corrected chi connectivity index (χ2v) is 9.05. The summed E-state index contributed by atoms with van der Waals surface area (Å²) in [7, 11) is 0.705. The number of amides is 1. The quantitative estimate of drug-likeness (QED) is 0.423. The zero-order valence-electron chi connectivity index (χ0n) is 18.4. The number of benzene rings is 2. The summed E-state index contributed by atoms with van der Waals surface area (Å²) in [6.45, 7) is -0.190. The number of carbonyl (C=O) groups is 1. The minimum Gasteiger partial charge on any atom is -0.422 e. The Morgan fingerprint density at radius 1 is 1.15 bits per heavy atom. The van der Waals surface area contributed by atoms with Crippen molar-refractivity contribution in [3.8, 4) is 5.75 Å². The van der Waals surface area contributed by atoms with Gasteiger partial charge in [0.25, 0.3) is 10.2 Å². The molecular weight excluding hydrogens is 450 g/mol. The van der Waals surface area contributed by atoms with Gasteiger partial charge >= 0.3 is 11.7 Å². The van der Waals surface area contributed by atoms with E-state index in [4.69, 9.17) is 9.15 Å². The van der Waals surface area contributed by atoms with Crippen molar-refractivity contribution in [2.75, 3.05) is 32.5 Å². The smallest absolute Gasteiger partial charge is 0.414 e. The van der Waals surface area contributed by atoms with Gasteiger partial charge in [-0.1, -0.05) is 12.1 Å². The first-order valence-corrected chi connectivity index (χ1v) is 11.5. The van der Waals surface area contributed by atoms with E-state index in [0.29, 0.717) is 27.8 Å². The molecule has 11 heteroatoms. The third-order valence-corrected chi connectivity index (χ3v) is 5.89. The molecule has 0 atom stereocenters. The van der Waals surface area contributed by atoms with Crippen LogP contribution in [0.1, 0.15) is 16.7 Å². The lowest BCUT2D eigenvalue weighted by Gasteiger charge is -2.14. The van der Waals surface area contributed by atoms with Gasteiger partial charge in [0.15, 0.2) is 0 Å². The van der Waals surface area contributed by atoms with E-state index in [1.807, 2.05) is 0 Å². The standard InChI is InChI=1S/C22H25N3O7S/c1-23-33(29,30)24-15-6-4-5-14(11-15)12-19-17(9-10-26)18-8-7-16(31-22(28)25(2)3)13-20(18)32-21(19)27/h4-8,11,13,23-24,26H,9-10,12H2,1-3H3. The molecule has 2 aromatic carbocycles. The molecule has 3 rings (SSSR count). The zero-order valence-corrected chi connectivity index (χ0v) is 19.2. The van der Waals surface area contributed by atoms with Crippen molar-refractivity contribution in [1.29, 1.82) is 0 Å². The molecule has 176 valence electrons. The van der Waals surface area contributed by atoms with E-state index in [-0.39, 0.29) is 30.8 Å². The largest absolute Gasteiger partial charge is 0.422 e. The Kier molecular flexibility index (Phi) is 7.36. The molecule has 10 nitrogen and oxygen atoms in total. The molecule has 33 heavy (non-hydrogen) atoms. The van der Waals surface area contributed by atoms with Gasteiger partial charge in [-0.05, 0) is 41.8 Å². The number of rotatable bonds is 8. The van der Waals surface area contributed by atoms with E-state index in [2.05, 4.69) is 9.44 Å². The average Bonchev–Trinajstić information content (AvgIpc) is 2.76. The summed E-state index contributed by atoms with van der Waals surface area (Å²) >= 11 is 0. The van der Waals surface area contributed by atoms with Crippen LogP contribution < -0.4 is 19.8 Å². The molecule has 0 aliphatic heterocycles. The SMILES string of the molecule is CNS(=O)(=O)Nc1cccc(Cc2c(CCO)c3ccc(OC(=O)N(C)C)cc3oc2=O)c1. The van der Waals surface area contributed by atoms with E-state index in [1.165, 1.54) is 18.0 Å². The molecule has 0 aliphatic rings. The first kappa shape index (κ1) is 24.2. The fourth-order valence-electron chi connectivity index (χ4n) is 3.27. The maximum Gasteiger partial charge on any atom is 0.414 e. The van der Waals surface area contributed by atoms with Crippen LogP contribution in [-0.4, -0.2) is 52.3 Å². The Morgan fingerprint density at radius 3 is 2.58 bits per heavy atom. The van der Waals surface area contributed by atoms with Gasteiger partial charge < -0.3 is 19.2 Å². The maximum atomic E-state index is 12.8. The Labute approximate surface area is 191 Å². The molecule has 0 fully saturated rings. The van der Waals surface area contributed by atoms with Crippen molar-refractivity contribution in [3.63, 3.8) is 0 Å². The molecule has 0 radical (unpaired) electrons. The van der Waals surface area contributed by atoms with Gasteiger partial charge in [-0.3, -0.25) is 4.72 Å². The van der Waals surface area contributed by atoms with Gasteiger partial charge in [-0.15, -0.1) is 0 Å². The molecule has 3 aromatic rings. The number of aliphatic hydroxyl groups is 1. The fraction of sp³-hybridized carbons (Fsp3) is 0.273. The van der Waals surface area contributed by atoms with Crippen LogP contribution in [0.3, 0.4) is 0 Å². The number of anilines is 1. The molecule has 0 aliphatic carbocycles. The second-order valence-electron chi connectivity index (χ2n) is 7.43. The highest BCUT2D eigenvalue weighted by molar-refractivity contribution is 7.90. The summed E-state index contributed by atoms with van der Waals surface area (Å²) in [6.07, 6.45) is -0.196. The van der Waals surface area contributed by atoms with E-state index in [0.717, 1.165) is 0 Å². The lowest BCUT2D eigenvalue weighted by atomic mass is 9.96. The number of ether oxygens (including phenoxy) is 1. The van der Waals surface area contributed by atoms with E-state index < -0.39 is 21.9 Å². The van der Waals surface area contributed by atoms with Crippen LogP contribution in [-0.2, 0) is 23.1 Å². The number of carbonyl (C=O) groups excluding carboxylic acids is 1. The molecule has 1 amide bonds. The first-order chi connectivity index (χ1) is 15.6. The van der Waals surface area contributed by atoms with E-state index in [1.54, 1.807) is 50.5 Å². The van der Waals surface area contributed by atoms with Gasteiger partial charge in [0.2, 0.25) is 0 Å². The van der Waals surface area contributed by atoms with Crippen LogP contribution in [0.2, 0.25) is 0 Å². The highest BCUT2D eigenvalue weighted by atomic mass is 32.2. The van der Waals surface area contributed by atoms with Crippen molar-refractivity contribution >= 4 is 33.0 Å². The summed E-state index contributed by atoms with van der Waals surface area (Å²) in [4.78, 5) is 25.9. The predicted octanol–water partition coefficient (Wildman–Crippen LogP) is 1.86. The topological polar surface area (TPSA) is 138 Å². The van der Waals surface area contributed by atoms with Crippen LogP contribution in [0.15, 0.2) is 51.7 Å². The second kappa shape index (κ2) is 10.0. The molecule has 1 aromatic heterocycles. The van der Waals surface area contributed by atoms with Crippen LogP contribution in [0.25, 0.3) is 11.0 Å². The molecule has 0 spiro atoms. The Balaban J connectivity index is 2.01. The first-order valence-electron chi connectivity index (χ1n) is 10.0. The van der Waals surface area contributed by atoms with Gasteiger partial charge in [0.1, 0.15) is 11.3 Å². The van der Waals surface area contributed by atoms with Crippen LogP contribution >= 0.6 is 0 Å². The maximum absolute atomic E-state index is 12.8. The van der Waals surface area contributed by atoms with Crippen LogP contribution in [0.5, 0.6) is 5.75 Å². The number of nitrogens with one attached hydrogen (secondary N) is 2. The zero-order chi connectivity index (χ0) is 24.2. The van der Waals surface area contributed by atoms with Crippen molar-refractivity contribution in [2.45, 2.75) is 12.8 Å². The summed E-state index contributed by atoms with van der Waals surface area (Å²) in [5.74, 6) is 0.219. The molecule has 0 saturated carbocycles. The van der Waals surface area contributed by atoms with Gasteiger partial charge in [-0.2, -0.15) is 8.42 Å². The fourth-order valence-corrected chi connectivity index (χ4v) is 3.81. The summed E-state index contributed by atoms with van der Waals surface area (Å²) in [5.41, 5.74) is 1.60. The Hall–Kier alpha value is -3.41. The lowest BCUT2D eigenvalue weighted by molar-refractivity contribution is 0.172. The molecule has 3 N–H and O–H groups in total. The number of nitrogens with zero attached hydrogens (tertiary/aromatic N) is 1. The normalized spacial score (nSPS) is 11.4. The minimum atomic E-state index is -3.69. The molecule has 1 heterocycles. The molecule has 0 unspecified atom stereocenters. The van der Waals surface area contributed by atoms with E-state index >= 15 is 0 Å². The average molecular weight is 476 g/mol. The third kappa shape index (κ3) is 5.89. The Bertz CT molecular complexity index is 1330. The summed E-state index contributed by atoms with van der Waals surface area (Å²) in [6, 6.07) is 11.3. The van der Waals surface area contributed by atoms with Gasteiger partial charge in [0, 0.05) is 51.2 Å². The summed E-state index contributed by atoms with van der Waals surface area (Å²) in [5, 5.41) is 10.2. The van der Waals surface area contributed by atoms with Crippen molar-refractivity contribution in [1.82, 2.24) is 9.62 Å². The monoisotopic (exact) mass is 475 g/mol. The van der Waals surface area contributed by atoms with Crippen molar-refractivity contribution < 1.29 is 27.5 Å². The number of hydrogen-bond donors (Lipinski definition) is 3. The van der Waals surface area contributed by atoms with E-state index in [9.17, 15) is 23.1 Å². The van der Waals surface area contributed by atoms with Crippen molar-refractivity contribution in [3.05, 3.63) is 69.6 Å². The highest BCUT2D eigenvalue weighted by Crippen LogP contribution is 2.27. The molecule has 0 bridgehead atoms. The van der Waals surface area contributed by atoms with Crippen molar-refractivity contribution in [2.24, 2.45) is 0 Å². The number of hydrogen-bond acceptors (Lipinski definition) is 7. The number of aliphatic hydroxyl groups excluding tert-OH is 1. The van der Waals surface area contributed by atoms with Gasteiger partial charge in [0.05, 0.1) is 5.69 Å². The Morgan fingerprint density at radius 2 is 1.91 bits per heavy atom. The van der Waals surface area contributed by atoms with Gasteiger partial charge in [-0.25, -0.2) is 14.3 Å².